The molecule has 0 spiro atoms. The Hall–Kier alpha value is -2.14. The molecule has 0 aliphatic heterocycles. The van der Waals surface area contributed by atoms with Crippen molar-refractivity contribution in [1.82, 2.24) is 9.38 Å². The lowest BCUT2D eigenvalue weighted by molar-refractivity contribution is 0.0987. The lowest BCUT2D eigenvalue weighted by Gasteiger charge is -2.17. The van der Waals surface area contributed by atoms with E-state index >= 15 is 0 Å². The summed E-state index contributed by atoms with van der Waals surface area (Å²) in [4.78, 5) is 19.1. The number of carbonyl (C=O) groups excluding carboxylic acids is 1. The molecule has 0 saturated heterocycles. The predicted octanol–water partition coefficient (Wildman–Crippen LogP) is 3.99. The van der Waals surface area contributed by atoms with Crippen LogP contribution >= 0.6 is 15.9 Å². The first-order chi connectivity index (χ1) is 10.5. The van der Waals surface area contributed by atoms with Crippen LogP contribution in [0.4, 0.5) is 5.69 Å². The van der Waals surface area contributed by atoms with E-state index in [2.05, 4.69) is 20.9 Å². The van der Waals surface area contributed by atoms with Crippen molar-refractivity contribution in [2.75, 3.05) is 11.9 Å². The molecule has 0 aliphatic carbocycles. The molecule has 4 nitrogen and oxygen atoms in total. The molecule has 0 aliphatic rings. The van der Waals surface area contributed by atoms with Gasteiger partial charge in [-0.3, -0.25) is 9.20 Å². The molecule has 5 heteroatoms. The molecule has 0 radical (unpaired) electrons. The van der Waals surface area contributed by atoms with Crippen LogP contribution in [0.3, 0.4) is 0 Å². The number of imidazole rings is 1. The van der Waals surface area contributed by atoms with Crippen LogP contribution in [-0.4, -0.2) is 22.3 Å². The monoisotopic (exact) mass is 357 g/mol. The maximum atomic E-state index is 12.9. The Morgan fingerprint density at radius 1 is 1.23 bits per heavy atom. The van der Waals surface area contributed by atoms with E-state index in [0.717, 1.165) is 27.1 Å². The van der Waals surface area contributed by atoms with Crippen LogP contribution < -0.4 is 4.90 Å². The minimum Gasteiger partial charge on any atom is -0.310 e. The Morgan fingerprint density at radius 2 is 1.91 bits per heavy atom. The molecule has 2 aromatic heterocycles. The average Bonchev–Trinajstić information content (AvgIpc) is 2.83. The summed E-state index contributed by atoms with van der Waals surface area (Å²) in [6.45, 7) is 3.86. The summed E-state index contributed by atoms with van der Waals surface area (Å²) in [6, 6.07) is 11.6. The van der Waals surface area contributed by atoms with Gasteiger partial charge in [0.2, 0.25) is 0 Å². The van der Waals surface area contributed by atoms with Gasteiger partial charge in [-0.1, -0.05) is 18.2 Å². The highest BCUT2D eigenvalue weighted by atomic mass is 79.9. The third-order valence-corrected chi connectivity index (χ3v) is 4.13. The number of rotatable bonds is 2. The van der Waals surface area contributed by atoms with Crippen LogP contribution in [-0.2, 0) is 0 Å². The van der Waals surface area contributed by atoms with Crippen molar-refractivity contribution in [3.63, 3.8) is 0 Å². The van der Waals surface area contributed by atoms with Gasteiger partial charge in [0.05, 0.1) is 5.69 Å². The van der Waals surface area contributed by atoms with Gasteiger partial charge in [-0.05, 0) is 53.5 Å². The van der Waals surface area contributed by atoms with Gasteiger partial charge in [0.25, 0.3) is 5.91 Å². The quantitative estimate of drug-likeness (QED) is 0.695. The second kappa shape index (κ2) is 5.57. The average molecular weight is 358 g/mol. The highest BCUT2D eigenvalue weighted by molar-refractivity contribution is 9.10. The number of halogens is 1. The van der Waals surface area contributed by atoms with Crippen LogP contribution in [0, 0.1) is 13.8 Å². The minimum atomic E-state index is -0.0753. The molecule has 1 aromatic carbocycles. The zero-order valence-corrected chi connectivity index (χ0v) is 14.3. The first-order valence-corrected chi connectivity index (χ1v) is 7.76. The van der Waals surface area contributed by atoms with Gasteiger partial charge < -0.3 is 4.90 Å². The van der Waals surface area contributed by atoms with Crippen LogP contribution in [0.25, 0.3) is 5.65 Å². The number of nitrogens with zero attached hydrogens (tertiary/aromatic N) is 3. The van der Waals surface area contributed by atoms with Crippen molar-refractivity contribution in [2.45, 2.75) is 13.8 Å². The normalized spacial score (nSPS) is 10.9. The second-order valence-electron chi connectivity index (χ2n) is 5.28. The predicted molar refractivity (Wildman–Crippen MR) is 91.5 cm³/mol. The molecule has 0 saturated carbocycles. The third-order valence-electron chi connectivity index (χ3n) is 3.70. The molecule has 0 bridgehead atoms. The van der Waals surface area contributed by atoms with Crippen molar-refractivity contribution in [2.24, 2.45) is 0 Å². The van der Waals surface area contributed by atoms with Crippen molar-refractivity contribution >= 4 is 33.2 Å². The van der Waals surface area contributed by atoms with E-state index < -0.39 is 0 Å². The van der Waals surface area contributed by atoms with E-state index in [-0.39, 0.29) is 5.91 Å². The molecular formula is C17H16BrN3O. The molecule has 1 amide bonds. The Bertz CT molecular complexity index is 855. The van der Waals surface area contributed by atoms with Crippen molar-refractivity contribution in [1.29, 1.82) is 0 Å². The first-order valence-electron chi connectivity index (χ1n) is 6.97. The van der Waals surface area contributed by atoms with Crippen LogP contribution in [0.15, 0.2) is 47.1 Å². The topological polar surface area (TPSA) is 37.6 Å². The van der Waals surface area contributed by atoms with Gasteiger partial charge in [-0.15, -0.1) is 0 Å². The van der Waals surface area contributed by atoms with Gasteiger partial charge in [-0.2, -0.15) is 0 Å². The molecular weight excluding hydrogens is 342 g/mol. The lowest BCUT2D eigenvalue weighted by Crippen LogP contribution is -2.28. The Labute approximate surface area is 137 Å². The summed E-state index contributed by atoms with van der Waals surface area (Å²) in [7, 11) is 1.78. The SMILES string of the molecule is Cc1nc2c(C)cc(Br)cn2c1C(=O)N(C)c1ccccc1. The second-order valence-corrected chi connectivity index (χ2v) is 6.20. The Morgan fingerprint density at radius 3 is 2.59 bits per heavy atom. The zero-order chi connectivity index (χ0) is 15.9. The zero-order valence-electron chi connectivity index (χ0n) is 12.7. The number of aryl methyl sites for hydroxylation is 2. The number of para-hydroxylation sites is 1. The highest BCUT2D eigenvalue weighted by Crippen LogP contribution is 2.23. The highest BCUT2D eigenvalue weighted by Gasteiger charge is 2.22. The lowest BCUT2D eigenvalue weighted by atomic mass is 10.2. The van der Waals surface area contributed by atoms with E-state index in [1.807, 2.05) is 60.8 Å². The van der Waals surface area contributed by atoms with Crippen LogP contribution in [0.1, 0.15) is 21.7 Å². The fourth-order valence-electron chi connectivity index (χ4n) is 2.57. The van der Waals surface area contributed by atoms with Crippen LogP contribution in [0.5, 0.6) is 0 Å². The summed E-state index contributed by atoms with van der Waals surface area (Å²) in [5.41, 5.74) is 4.01. The maximum absolute atomic E-state index is 12.9. The number of hydrogen-bond donors (Lipinski definition) is 0. The van der Waals surface area contributed by atoms with E-state index in [4.69, 9.17) is 0 Å². The molecule has 0 fully saturated rings. The van der Waals surface area contributed by atoms with E-state index in [1.54, 1.807) is 11.9 Å². The molecule has 3 aromatic rings. The number of carbonyl (C=O) groups is 1. The Kier molecular flexibility index (Phi) is 3.74. The smallest absolute Gasteiger partial charge is 0.276 e. The maximum Gasteiger partial charge on any atom is 0.276 e. The van der Waals surface area contributed by atoms with Gasteiger partial charge in [0.1, 0.15) is 11.3 Å². The third kappa shape index (κ3) is 2.41. The molecule has 3 rings (SSSR count). The number of hydrogen-bond acceptors (Lipinski definition) is 2. The fourth-order valence-corrected chi connectivity index (χ4v) is 3.12. The summed E-state index contributed by atoms with van der Waals surface area (Å²) < 4.78 is 2.78. The van der Waals surface area contributed by atoms with Crippen molar-refractivity contribution in [3.05, 3.63) is 64.0 Å². The Balaban J connectivity index is 2.14. The standard InChI is InChI=1S/C17H16BrN3O/c1-11-9-13(18)10-21-15(12(2)19-16(11)21)17(22)20(3)14-7-5-4-6-8-14/h4-10H,1-3H3. The first kappa shape index (κ1) is 14.8. The molecule has 112 valence electrons. The molecule has 0 atom stereocenters. The summed E-state index contributed by atoms with van der Waals surface area (Å²) >= 11 is 3.48. The number of pyridine rings is 1. The summed E-state index contributed by atoms with van der Waals surface area (Å²) in [5.74, 6) is -0.0753. The van der Waals surface area contributed by atoms with Gasteiger partial charge in [-0.25, -0.2) is 4.98 Å². The number of anilines is 1. The molecule has 2 heterocycles. The van der Waals surface area contributed by atoms with E-state index in [9.17, 15) is 4.79 Å². The van der Waals surface area contributed by atoms with E-state index in [0.29, 0.717) is 5.69 Å². The number of benzene rings is 1. The molecule has 0 N–H and O–H groups in total. The minimum absolute atomic E-state index is 0.0753. The largest absolute Gasteiger partial charge is 0.310 e. The number of fused-ring (bicyclic) bond motifs is 1. The van der Waals surface area contributed by atoms with Gasteiger partial charge in [0, 0.05) is 23.4 Å². The number of aromatic nitrogens is 2. The van der Waals surface area contributed by atoms with Crippen molar-refractivity contribution < 1.29 is 4.79 Å². The van der Waals surface area contributed by atoms with Crippen molar-refractivity contribution in [3.8, 4) is 0 Å². The summed E-state index contributed by atoms with van der Waals surface area (Å²) in [6.07, 6.45) is 1.88. The van der Waals surface area contributed by atoms with Gasteiger partial charge >= 0.3 is 0 Å². The molecule has 0 unspecified atom stereocenters. The van der Waals surface area contributed by atoms with Gasteiger partial charge in [0.15, 0.2) is 0 Å². The fraction of sp³-hybridized carbons (Fsp3) is 0.176. The number of amides is 1. The summed E-state index contributed by atoms with van der Waals surface area (Å²) in [5, 5.41) is 0. The van der Waals surface area contributed by atoms with Crippen LogP contribution in [0.2, 0.25) is 0 Å². The molecule has 22 heavy (non-hydrogen) atoms. The van der Waals surface area contributed by atoms with E-state index in [1.165, 1.54) is 0 Å².